The molecule has 0 unspecified atom stereocenters. The third-order valence-corrected chi connectivity index (χ3v) is 10.8. The molecule has 16 nitrogen and oxygen atoms in total. The fourth-order valence-electron chi connectivity index (χ4n) is 7.79. The molecule has 8 rings (SSSR count). The first kappa shape index (κ1) is 38.6. The average molecular weight is 798 g/mol. The second kappa shape index (κ2) is 17.1. The monoisotopic (exact) mass is 797 g/mol. The van der Waals surface area contributed by atoms with Crippen LogP contribution in [0.15, 0.2) is 108 Å². The third-order valence-electron chi connectivity index (χ3n) is 10.8. The molecule has 0 saturated carbocycles. The number of hydrogen-bond acceptors (Lipinski definition) is 10. The summed E-state index contributed by atoms with van der Waals surface area (Å²) >= 11 is 0. The normalized spacial score (nSPS) is 17.3. The second-order valence-corrected chi connectivity index (χ2v) is 14.3. The second-order valence-electron chi connectivity index (χ2n) is 14.3. The number of amides is 4. The fraction of sp³-hybridized carbons (Fsp3) is 0.279. The molecule has 2 aliphatic heterocycles. The van der Waals surface area contributed by atoms with Crippen molar-refractivity contribution in [1.29, 1.82) is 0 Å². The number of benzene rings is 3. The third kappa shape index (κ3) is 8.14. The van der Waals surface area contributed by atoms with Crippen molar-refractivity contribution in [2.75, 3.05) is 27.3 Å². The lowest BCUT2D eigenvalue weighted by Crippen LogP contribution is -2.42. The van der Waals surface area contributed by atoms with Crippen molar-refractivity contribution in [3.8, 4) is 34.2 Å². The minimum Gasteiger partial charge on any atom is -0.453 e. The number of H-pyrrole nitrogens is 2. The first-order valence-corrected chi connectivity index (χ1v) is 19.4. The molecule has 3 aromatic heterocycles. The Morgan fingerprint density at radius 3 is 1.63 bits per heavy atom. The highest BCUT2D eigenvalue weighted by Crippen LogP contribution is 2.36. The molecule has 3 aromatic carbocycles. The summed E-state index contributed by atoms with van der Waals surface area (Å²) in [6.45, 7) is 1.04. The van der Waals surface area contributed by atoms with E-state index in [1.165, 1.54) is 14.2 Å². The molecule has 16 heteroatoms. The number of carbonyl (C=O) groups is 4. The first-order valence-electron chi connectivity index (χ1n) is 19.4. The van der Waals surface area contributed by atoms with Gasteiger partial charge in [-0.15, -0.1) is 0 Å². The number of hydrogen-bond donors (Lipinski definition) is 4. The van der Waals surface area contributed by atoms with Crippen LogP contribution >= 0.6 is 0 Å². The number of rotatable bonds is 11. The first-order chi connectivity index (χ1) is 28.8. The number of aromatic nitrogens is 5. The number of nitrogens with one attached hydrogen (secondary N) is 4. The van der Waals surface area contributed by atoms with Crippen molar-refractivity contribution >= 4 is 24.0 Å². The van der Waals surface area contributed by atoms with Crippen molar-refractivity contribution in [3.05, 3.63) is 126 Å². The Kier molecular flexibility index (Phi) is 11.2. The number of alkyl carbamates (subject to hydrolysis) is 2. The summed E-state index contributed by atoms with van der Waals surface area (Å²) < 4.78 is 15.8. The van der Waals surface area contributed by atoms with Crippen molar-refractivity contribution in [2.24, 2.45) is 0 Å². The lowest BCUT2D eigenvalue weighted by atomic mass is 10.1. The minimum atomic E-state index is -0.917. The van der Waals surface area contributed by atoms with Gasteiger partial charge in [-0.25, -0.2) is 24.5 Å². The number of likely N-dealkylation sites (tertiary alicyclic amines) is 2. The minimum absolute atomic E-state index is 0.234. The Morgan fingerprint density at radius 1 is 0.644 bits per heavy atom. The summed E-state index contributed by atoms with van der Waals surface area (Å²) in [6.07, 6.45) is 6.66. The van der Waals surface area contributed by atoms with Crippen LogP contribution in [-0.2, 0) is 19.1 Å². The van der Waals surface area contributed by atoms with Crippen molar-refractivity contribution in [1.82, 2.24) is 45.4 Å². The molecule has 5 heterocycles. The molecule has 6 aromatic rings. The topological polar surface area (TPSA) is 201 Å². The summed E-state index contributed by atoms with van der Waals surface area (Å²) in [7, 11) is 2.53. The predicted molar refractivity (Wildman–Crippen MR) is 214 cm³/mol. The molecule has 302 valence electrons. The molecule has 4 amide bonds. The molecule has 59 heavy (non-hydrogen) atoms. The van der Waals surface area contributed by atoms with Gasteiger partial charge in [-0.05, 0) is 42.4 Å². The Bertz CT molecular complexity index is 2410. The summed E-state index contributed by atoms with van der Waals surface area (Å²) in [5.41, 5.74) is 4.37. The van der Waals surface area contributed by atoms with Crippen LogP contribution in [0.1, 0.15) is 72.6 Å². The highest BCUT2D eigenvalue weighted by Gasteiger charge is 2.38. The van der Waals surface area contributed by atoms with Crippen molar-refractivity contribution < 1.29 is 33.1 Å². The number of imidazole rings is 2. The SMILES string of the molecule is COC(=O)N[C@@H](C(=O)N1CCC[C@H]1c1ncc(-c2ccc(-c3cnc(-c4cnc([C@@H]5CCCN5C(=O)[C@H](NC(=O)OC)c5ccccc5)[nH]4)o3)cc2)[nH]1)c1ccccc1. The van der Waals surface area contributed by atoms with Gasteiger partial charge in [-0.3, -0.25) is 9.59 Å². The Balaban J connectivity index is 0.940. The van der Waals surface area contributed by atoms with Crippen LogP contribution in [0.2, 0.25) is 0 Å². The molecular weight excluding hydrogens is 755 g/mol. The van der Waals surface area contributed by atoms with E-state index in [1.54, 1.807) is 52.7 Å². The van der Waals surface area contributed by atoms with Gasteiger partial charge < -0.3 is 44.3 Å². The van der Waals surface area contributed by atoms with Crippen LogP contribution < -0.4 is 10.6 Å². The molecule has 4 N–H and O–H groups in total. The van der Waals surface area contributed by atoms with Crippen LogP contribution in [0.4, 0.5) is 9.59 Å². The van der Waals surface area contributed by atoms with Gasteiger partial charge in [0, 0.05) is 18.7 Å². The van der Waals surface area contributed by atoms with E-state index in [-0.39, 0.29) is 23.9 Å². The van der Waals surface area contributed by atoms with Crippen LogP contribution in [0.3, 0.4) is 0 Å². The standard InChI is InChI=1S/C43H43N9O7/c1-57-42(55)49-35(28-11-5-3-6-12-28)40(53)51-21-9-15-32(51)37-44-23-30(47-37)26-17-19-27(20-18-26)34-25-46-39(59-34)31-24-45-38(48-31)33-16-10-22-52(33)41(54)36(50-43(56)58-2)29-13-7-4-8-14-29/h3-8,11-14,17-20,23-25,32-33,35-36H,9-10,15-16,21-22H2,1-2H3,(H,44,47)(H,45,48)(H,49,55)(H,50,56)/t32-,33-,35+,36+/m0/s1. The zero-order chi connectivity index (χ0) is 40.9. The van der Waals surface area contributed by atoms with Gasteiger partial charge in [-0.2, -0.15) is 0 Å². The number of ether oxygens (including phenoxy) is 2. The predicted octanol–water partition coefficient (Wildman–Crippen LogP) is 6.64. The quantitative estimate of drug-likeness (QED) is 0.110. The van der Waals surface area contributed by atoms with Crippen LogP contribution in [0.5, 0.6) is 0 Å². The number of aromatic amines is 2. The Morgan fingerprint density at radius 2 is 1.12 bits per heavy atom. The van der Waals surface area contributed by atoms with E-state index in [1.807, 2.05) is 60.7 Å². The van der Waals surface area contributed by atoms with E-state index in [0.29, 0.717) is 59.6 Å². The molecule has 0 bridgehead atoms. The Hall–Kier alpha value is -7.23. The van der Waals surface area contributed by atoms with Crippen molar-refractivity contribution in [2.45, 2.75) is 49.9 Å². The number of nitrogens with zero attached hydrogens (tertiary/aromatic N) is 5. The van der Waals surface area contributed by atoms with Gasteiger partial charge in [0.05, 0.1) is 50.6 Å². The summed E-state index contributed by atoms with van der Waals surface area (Å²) in [6, 6.07) is 23.5. The van der Waals surface area contributed by atoms with E-state index in [2.05, 4.69) is 35.6 Å². The maximum atomic E-state index is 13.9. The molecular formula is C43H43N9O7. The summed E-state index contributed by atoms with van der Waals surface area (Å²) in [5, 5.41) is 5.38. The van der Waals surface area contributed by atoms with Crippen LogP contribution in [0.25, 0.3) is 34.2 Å². The molecule has 0 radical (unpaired) electrons. The highest BCUT2D eigenvalue weighted by atomic mass is 16.5. The molecule has 0 spiro atoms. The Labute approximate surface area is 339 Å². The number of carbonyl (C=O) groups excluding carboxylic acids is 4. The van der Waals surface area contributed by atoms with Gasteiger partial charge in [0.15, 0.2) is 5.76 Å². The fourth-order valence-corrected chi connectivity index (χ4v) is 7.79. The highest BCUT2D eigenvalue weighted by molar-refractivity contribution is 5.88. The smallest absolute Gasteiger partial charge is 0.407 e. The molecule has 2 aliphatic rings. The van der Waals surface area contributed by atoms with Crippen LogP contribution in [-0.4, -0.2) is 86.0 Å². The number of oxazole rings is 1. The molecule has 2 fully saturated rings. The molecule has 2 saturated heterocycles. The average Bonchev–Trinajstić information content (AvgIpc) is 4.13. The summed E-state index contributed by atoms with van der Waals surface area (Å²) in [4.78, 5) is 76.2. The van der Waals surface area contributed by atoms with Gasteiger partial charge in [0.1, 0.15) is 29.4 Å². The van der Waals surface area contributed by atoms with E-state index in [0.717, 1.165) is 36.1 Å². The largest absolute Gasteiger partial charge is 0.453 e. The summed E-state index contributed by atoms with van der Waals surface area (Å²) in [5.74, 6) is 1.67. The van der Waals surface area contributed by atoms with Crippen LogP contribution in [0, 0.1) is 0 Å². The lowest BCUT2D eigenvalue weighted by molar-refractivity contribution is -0.135. The van der Waals surface area contributed by atoms with Gasteiger partial charge in [0.2, 0.25) is 5.89 Å². The van der Waals surface area contributed by atoms with Gasteiger partial charge in [-0.1, -0.05) is 84.9 Å². The maximum absolute atomic E-state index is 13.9. The zero-order valence-electron chi connectivity index (χ0n) is 32.5. The number of methoxy groups -OCH3 is 2. The molecule has 0 aliphatic carbocycles. The van der Waals surface area contributed by atoms with E-state index >= 15 is 0 Å². The van der Waals surface area contributed by atoms with Gasteiger partial charge in [0.25, 0.3) is 11.8 Å². The van der Waals surface area contributed by atoms with E-state index in [9.17, 15) is 19.2 Å². The van der Waals surface area contributed by atoms with Gasteiger partial charge >= 0.3 is 12.2 Å². The van der Waals surface area contributed by atoms with E-state index in [4.69, 9.17) is 13.9 Å². The zero-order valence-corrected chi connectivity index (χ0v) is 32.5. The molecule has 4 atom stereocenters. The van der Waals surface area contributed by atoms with E-state index < -0.39 is 24.3 Å². The lowest BCUT2D eigenvalue weighted by Gasteiger charge is -2.28. The maximum Gasteiger partial charge on any atom is 0.407 e. The van der Waals surface area contributed by atoms with Crippen molar-refractivity contribution in [3.63, 3.8) is 0 Å².